The Bertz CT molecular complexity index is 243. The van der Waals surface area contributed by atoms with E-state index in [2.05, 4.69) is 25.7 Å². The third-order valence-electron chi connectivity index (χ3n) is 4.95. The fourth-order valence-electron chi connectivity index (χ4n) is 3.71. The van der Waals surface area contributed by atoms with Crippen LogP contribution in [0.4, 0.5) is 0 Å². The molecule has 0 bridgehead atoms. The molecule has 2 aliphatic rings. The fraction of sp³-hybridized carbons (Fsp3) is 1.00. The molecule has 1 saturated heterocycles. The van der Waals surface area contributed by atoms with Crippen LogP contribution in [0.2, 0.25) is 0 Å². The number of nitrogens with zero attached hydrogens (tertiary/aromatic N) is 1. The van der Waals surface area contributed by atoms with Gasteiger partial charge in [-0.2, -0.15) is 0 Å². The van der Waals surface area contributed by atoms with Gasteiger partial charge in [0.2, 0.25) is 0 Å². The predicted octanol–water partition coefficient (Wildman–Crippen LogP) is 2.90. The van der Waals surface area contributed by atoms with Gasteiger partial charge in [-0.15, -0.1) is 0 Å². The highest BCUT2D eigenvalue weighted by Crippen LogP contribution is 2.31. The summed E-state index contributed by atoms with van der Waals surface area (Å²) < 4.78 is 0. The van der Waals surface area contributed by atoms with Gasteiger partial charge in [-0.1, -0.05) is 13.8 Å². The van der Waals surface area contributed by atoms with E-state index < -0.39 is 0 Å². The normalized spacial score (nSPS) is 44.8. The van der Waals surface area contributed by atoms with Crippen molar-refractivity contribution in [3.05, 3.63) is 0 Å². The molecule has 1 aliphatic carbocycles. The van der Waals surface area contributed by atoms with Gasteiger partial charge < -0.3 is 10.0 Å². The lowest BCUT2D eigenvalue weighted by Gasteiger charge is -2.41. The minimum atomic E-state index is -0.0438. The zero-order valence-corrected chi connectivity index (χ0v) is 11.7. The summed E-state index contributed by atoms with van der Waals surface area (Å²) >= 11 is 0. The number of piperidine rings is 1. The van der Waals surface area contributed by atoms with E-state index in [-0.39, 0.29) is 6.10 Å². The minimum Gasteiger partial charge on any atom is -0.393 e. The highest BCUT2D eigenvalue weighted by Gasteiger charge is 2.31. The number of aliphatic hydroxyl groups excluding tert-OH is 1. The van der Waals surface area contributed by atoms with Crippen LogP contribution in [-0.2, 0) is 0 Å². The summed E-state index contributed by atoms with van der Waals surface area (Å²) in [5.74, 6) is 2.22. The Kier molecular flexibility index (Phi) is 4.48. The number of rotatable bonds is 2. The van der Waals surface area contributed by atoms with Gasteiger partial charge in [0.1, 0.15) is 0 Å². The maximum absolute atomic E-state index is 10.1. The van der Waals surface area contributed by atoms with Crippen molar-refractivity contribution in [1.29, 1.82) is 0 Å². The molecule has 1 N–H and O–H groups in total. The molecule has 0 aromatic carbocycles. The summed E-state index contributed by atoms with van der Waals surface area (Å²) in [4.78, 5) is 2.62. The monoisotopic (exact) mass is 239 g/mol. The lowest BCUT2D eigenvalue weighted by molar-refractivity contribution is 0.0122. The van der Waals surface area contributed by atoms with Crippen molar-refractivity contribution in [3.8, 4) is 0 Å². The number of aliphatic hydroxyl groups is 1. The Morgan fingerprint density at radius 3 is 2.41 bits per heavy atom. The number of hydrogen-bond donors (Lipinski definition) is 1. The average Bonchev–Trinajstić information content (AvgIpc) is 2.27. The molecule has 17 heavy (non-hydrogen) atoms. The zero-order chi connectivity index (χ0) is 12.4. The zero-order valence-electron chi connectivity index (χ0n) is 11.7. The smallest absolute Gasteiger partial charge is 0.0580 e. The Morgan fingerprint density at radius 2 is 1.71 bits per heavy atom. The van der Waals surface area contributed by atoms with Crippen LogP contribution in [-0.4, -0.2) is 35.2 Å². The molecular formula is C15H29NO. The number of likely N-dealkylation sites (tertiary alicyclic amines) is 1. The SMILES string of the molecule is CC1CCC(O)C(CN2CCC(C)CC2C)C1. The second-order valence-corrected chi connectivity index (χ2v) is 6.72. The molecule has 0 aromatic rings. The van der Waals surface area contributed by atoms with Gasteiger partial charge >= 0.3 is 0 Å². The lowest BCUT2D eigenvalue weighted by Crippen LogP contribution is -2.46. The second-order valence-electron chi connectivity index (χ2n) is 6.72. The van der Waals surface area contributed by atoms with Crippen LogP contribution in [0.1, 0.15) is 52.9 Å². The van der Waals surface area contributed by atoms with Crippen LogP contribution in [0.5, 0.6) is 0 Å². The van der Waals surface area contributed by atoms with Gasteiger partial charge in [-0.25, -0.2) is 0 Å². The molecule has 0 aromatic heterocycles. The predicted molar refractivity (Wildman–Crippen MR) is 71.9 cm³/mol. The topological polar surface area (TPSA) is 23.5 Å². The van der Waals surface area contributed by atoms with Gasteiger partial charge in [0, 0.05) is 12.6 Å². The quantitative estimate of drug-likeness (QED) is 0.801. The van der Waals surface area contributed by atoms with Crippen molar-refractivity contribution >= 4 is 0 Å². The summed E-state index contributed by atoms with van der Waals surface area (Å²) in [6.45, 7) is 9.42. The minimum absolute atomic E-state index is 0.0438. The van der Waals surface area contributed by atoms with Gasteiger partial charge in [0.25, 0.3) is 0 Å². The number of hydrogen-bond acceptors (Lipinski definition) is 2. The van der Waals surface area contributed by atoms with Gasteiger partial charge in [0.15, 0.2) is 0 Å². The average molecular weight is 239 g/mol. The molecule has 2 fully saturated rings. The van der Waals surface area contributed by atoms with E-state index in [1.54, 1.807) is 0 Å². The second kappa shape index (κ2) is 5.71. The molecule has 100 valence electrons. The van der Waals surface area contributed by atoms with Crippen molar-refractivity contribution in [2.45, 2.75) is 65.0 Å². The van der Waals surface area contributed by atoms with Crippen LogP contribution in [0.25, 0.3) is 0 Å². The van der Waals surface area contributed by atoms with Crippen LogP contribution in [0.15, 0.2) is 0 Å². The molecule has 2 heteroatoms. The molecule has 2 rings (SSSR count). The summed E-state index contributed by atoms with van der Waals surface area (Å²) in [5.41, 5.74) is 0. The molecule has 0 radical (unpaired) electrons. The lowest BCUT2D eigenvalue weighted by atomic mass is 9.79. The van der Waals surface area contributed by atoms with Gasteiger partial charge in [-0.3, -0.25) is 0 Å². The molecule has 2 nitrogen and oxygen atoms in total. The van der Waals surface area contributed by atoms with Gasteiger partial charge in [-0.05, 0) is 63.3 Å². The first-order valence-electron chi connectivity index (χ1n) is 7.48. The Balaban J connectivity index is 1.86. The van der Waals surface area contributed by atoms with E-state index in [1.165, 1.54) is 32.2 Å². The Morgan fingerprint density at radius 1 is 1.00 bits per heavy atom. The molecule has 5 atom stereocenters. The van der Waals surface area contributed by atoms with Gasteiger partial charge in [0.05, 0.1) is 6.10 Å². The summed E-state index contributed by atoms with van der Waals surface area (Å²) in [6.07, 6.45) is 6.08. The van der Waals surface area contributed by atoms with E-state index in [0.717, 1.165) is 24.8 Å². The van der Waals surface area contributed by atoms with Crippen molar-refractivity contribution in [1.82, 2.24) is 4.90 Å². The maximum Gasteiger partial charge on any atom is 0.0580 e. The van der Waals surface area contributed by atoms with E-state index in [4.69, 9.17) is 0 Å². The molecule has 1 heterocycles. The van der Waals surface area contributed by atoms with E-state index in [1.807, 2.05) is 0 Å². The van der Waals surface area contributed by atoms with E-state index in [0.29, 0.717) is 12.0 Å². The molecule has 5 unspecified atom stereocenters. The third-order valence-corrected chi connectivity index (χ3v) is 4.95. The van der Waals surface area contributed by atoms with Crippen LogP contribution < -0.4 is 0 Å². The first kappa shape index (κ1) is 13.4. The summed E-state index contributed by atoms with van der Waals surface area (Å²) in [5, 5.41) is 10.1. The third kappa shape index (κ3) is 3.45. The highest BCUT2D eigenvalue weighted by molar-refractivity contribution is 4.84. The molecule has 0 spiro atoms. The molecule has 1 aliphatic heterocycles. The van der Waals surface area contributed by atoms with Crippen LogP contribution >= 0.6 is 0 Å². The van der Waals surface area contributed by atoms with E-state index >= 15 is 0 Å². The largest absolute Gasteiger partial charge is 0.393 e. The standard InChI is InChI=1S/C15H29NO/c1-11-4-5-15(17)14(9-11)10-16-7-6-12(2)8-13(16)3/h11-15,17H,4-10H2,1-3H3. The Hall–Kier alpha value is -0.0800. The maximum atomic E-state index is 10.1. The van der Waals surface area contributed by atoms with Crippen molar-refractivity contribution in [2.24, 2.45) is 17.8 Å². The Labute approximate surface area is 106 Å². The summed E-state index contributed by atoms with van der Waals surface area (Å²) in [7, 11) is 0. The first-order chi connectivity index (χ1) is 8.06. The van der Waals surface area contributed by atoms with Crippen molar-refractivity contribution < 1.29 is 5.11 Å². The molecule has 1 saturated carbocycles. The fourth-order valence-corrected chi connectivity index (χ4v) is 3.71. The van der Waals surface area contributed by atoms with Crippen LogP contribution in [0, 0.1) is 17.8 Å². The summed E-state index contributed by atoms with van der Waals surface area (Å²) in [6, 6.07) is 0.711. The van der Waals surface area contributed by atoms with Crippen LogP contribution in [0.3, 0.4) is 0 Å². The first-order valence-corrected chi connectivity index (χ1v) is 7.48. The molecule has 0 amide bonds. The highest BCUT2D eigenvalue weighted by atomic mass is 16.3. The van der Waals surface area contributed by atoms with E-state index in [9.17, 15) is 5.11 Å². The molecular weight excluding hydrogens is 210 g/mol. The van der Waals surface area contributed by atoms with Crippen molar-refractivity contribution in [3.63, 3.8) is 0 Å². The van der Waals surface area contributed by atoms with Crippen molar-refractivity contribution in [2.75, 3.05) is 13.1 Å².